The molecule has 4 aliphatic rings. The number of hydrogen-bond acceptors (Lipinski definition) is 11. The number of nitrogens with one attached hydrogen (secondary N) is 5. The maximum Gasteiger partial charge on any atom is 0.422 e. The van der Waals surface area contributed by atoms with Gasteiger partial charge in [-0.2, -0.15) is 28.1 Å². The summed E-state index contributed by atoms with van der Waals surface area (Å²) < 4.78 is 71.2. The predicted molar refractivity (Wildman–Crippen MR) is 195 cm³/mol. The van der Waals surface area contributed by atoms with Crippen molar-refractivity contribution in [2.45, 2.75) is 73.9 Å². The first-order valence-electron chi connectivity index (χ1n) is 17.7. The van der Waals surface area contributed by atoms with E-state index < -0.39 is 74.2 Å². The van der Waals surface area contributed by atoms with Crippen LogP contribution < -0.4 is 30.7 Å². The zero-order chi connectivity index (χ0) is 39.2. The highest BCUT2D eigenvalue weighted by Crippen LogP contribution is 2.50. The van der Waals surface area contributed by atoms with Gasteiger partial charge in [0, 0.05) is 28.7 Å². The molecule has 1 heterocycles. The molecule has 0 bridgehead atoms. The van der Waals surface area contributed by atoms with Gasteiger partial charge in [-0.25, -0.2) is 8.42 Å². The van der Waals surface area contributed by atoms with Crippen molar-refractivity contribution in [3.63, 3.8) is 0 Å². The minimum atomic E-state index is -4.63. The third kappa shape index (κ3) is 8.49. The van der Waals surface area contributed by atoms with Gasteiger partial charge in [-0.15, -0.1) is 6.58 Å². The first kappa shape index (κ1) is 38.3. The number of aromatic nitrogens is 3. The van der Waals surface area contributed by atoms with Crippen molar-refractivity contribution in [2.24, 2.45) is 11.3 Å². The number of nitrogens with zero attached hydrogens (tertiary/aromatic N) is 3. The molecular weight excluding hydrogens is 765 g/mol. The van der Waals surface area contributed by atoms with Gasteiger partial charge in [-0.3, -0.25) is 19.1 Å². The molecule has 19 heteroatoms. The largest absolute Gasteiger partial charge is 0.454 e. The van der Waals surface area contributed by atoms with Crippen molar-refractivity contribution in [2.75, 3.05) is 23.8 Å². The van der Waals surface area contributed by atoms with Crippen molar-refractivity contribution in [1.82, 2.24) is 30.3 Å². The van der Waals surface area contributed by atoms with Crippen molar-refractivity contribution in [3.8, 4) is 6.01 Å². The topological polar surface area (TPSA) is 193 Å². The lowest BCUT2D eigenvalue weighted by Gasteiger charge is -2.27. The van der Waals surface area contributed by atoms with E-state index in [1.54, 1.807) is 24.3 Å². The second kappa shape index (κ2) is 14.3. The summed E-state index contributed by atoms with van der Waals surface area (Å²) in [6, 6.07) is 12.7. The Balaban J connectivity index is 0.976. The third-order valence-corrected chi connectivity index (χ3v) is 12.6. The van der Waals surface area contributed by atoms with Gasteiger partial charge in [0.25, 0.3) is 11.8 Å². The highest BCUT2D eigenvalue weighted by molar-refractivity contribution is 7.90. The molecule has 4 fully saturated rings. The normalized spacial score (nSPS) is 21.9. The molecule has 0 aliphatic heterocycles. The quantitative estimate of drug-likeness (QED) is 0.124. The number of alkyl halides is 3. The Bertz CT molecular complexity index is 2110. The standard InChI is InChI=1S/C36H38ClF3N8O6S/c1-2-22-18-35(22,29(51)48-55(52,53)26-4-3-5-26)46-28(50)33(14-15-33)19-41-27(49)21-6-12-25(13-7-21)42-30-43-31(45-32(44-30)54-20-36(38,39)40)47-34(16-17-34)23-8-10-24(37)11-9-23/h2,6-13,22,26H,1,3-5,14-20H2,(H,41,49)(H,46,50)(H,48,51)(H2,42,43,44,45,47)/t22-,35-/m1/s1. The molecule has 292 valence electrons. The minimum absolute atomic E-state index is 0.0110. The van der Waals surface area contributed by atoms with E-state index >= 15 is 0 Å². The van der Waals surface area contributed by atoms with E-state index in [2.05, 4.69) is 47.5 Å². The first-order chi connectivity index (χ1) is 26.0. The van der Waals surface area contributed by atoms with Crippen LogP contribution in [-0.2, 0) is 25.2 Å². The number of rotatable bonds is 16. The number of amides is 3. The summed E-state index contributed by atoms with van der Waals surface area (Å²) in [5.74, 6) is -2.28. The second-order valence-corrected chi connectivity index (χ2v) is 16.9. The van der Waals surface area contributed by atoms with Crippen LogP contribution in [0.2, 0.25) is 5.02 Å². The summed E-state index contributed by atoms with van der Waals surface area (Å²) in [5.41, 5.74) is -1.38. The number of carbonyl (C=O) groups excluding carboxylic acids is 3. The summed E-state index contributed by atoms with van der Waals surface area (Å²) in [7, 11) is -3.86. The molecule has 2 aromatic carbocycles. The second-order valence-electron chi connectivity index (χ2n) is 14.5. The number of ether oxygens (including phenoxy) is 1. The van der Waals surface area contributed by atoms with Crippen LogP contribution >= 0.6 is 11.6 Å². The molecule has 0 unspecified atom stereocenters. The summed E-state index contributed by atoms with van der Waals surface area (Å²) in [4.78, 5) is 52.1. The summed E-state index contributed by atoms with van der Waals surface area (Å²) in [6.45, 7) is 2.09. The molecule has 0 radical (unpaired) electrons. The van der Waals surface area contributed by atoms with Crippen LogP contribution in [0.1, 0.15) is 67.3 Å². The molecule has 0 saturated heterocycles. The van der Waals surface area contributed by atoms with Crippen LogP contribution in [0, 0.1) is 11.3 Å². The van der Waals surface area contributed by atoms with E-state index in [1.807, 2.05) is 12.1 Å². The van der Waals surface area contributed by atoms with Crippen LogP contribution in [0.5, 0.6) is 6.01 Å². The molecule has 0 spiro atoms. The first-order valence-corrected chi connectivity index (χ1v) is 19.6. The number of carbonyl (C=O) groups is 3. The van der Waals surface area contributed by atoms with Gasteiger partial charge in [0.2, 0.25) is 27.8 Å². The molecule has 4 aliphatic carbocycles. The maximum atomic E-state index is 13.5. The van der Waals surface area contributed by atoms with Gasteiger partial charge in [-0.05, 0) is 86.9 Å². The van der Waals surface area contributed by atoms with Gasteiger partial charge >= 0.3 is 12.2 Å². The van der Waals surface area contributed by atoms with Crippen molar-refractivity contribution in [1.29, 1.82) is 0 Å². The molecule has 1 aromatic heterocycles. The lowest BCUT2D eigenvalue weighted by Crippen LogP contribution is -2.56. The zero-order valence-corrected chi connectivity index (χ0v) is 30.9. The molecule has 3 amide bonds. The number of anilines is 3. The average Bonchev–Trinajstić information content (AvgIpc) is 4.01. The Hall–Kier alpha value is -4.97. The van der Waals surface area contributed by atoms with Gasteiger partial charge in [0.1, 0.15) is 5.54 Å². The van der Waals surface area contributed by atoms with Gasteiger partial charge in [0.05, 0.1) is 16.2 Å². The molecule has 3 aromatic rings. The molecule has 5 N–H and O–H groups in total. The predicted octanol–water partition coefficient (Wildman–Crippen LogP) is 4.88. The fourth-order valence-electron chi connectivity index (χ4n) is 6.45. The summed E-state index contributed by atoms with van der Waals surface area (Å²) in [6.07, 6.45) is 1.17. The van der Waals surface area contributed by atoms with E-state index in [1.165, 1.54) is 18.2 Å². The lowest BCUT2D eigenvalue weighted by atomic mass is 10.0. The van der Waals surface area contributed by atoms with E-state index in [0.717, 1.165) is 24.8 Å². The number of sulfonamides is 1. The highest BCUT2D eigenvalue weighted by Gasteiger charge is 2.63. The molecule has 55 heavy (non-hydrogen) atoms. The van der Waals surface area contributed by atoms with Crippen LogP contribution in [0.15, 0.2) is 61.2 Å². The molecular formula is C36H38ClF3N8O6S. The fraction of sp³-hybridized carbons (Fsp3) is 0.444. The lowest BCUT2D eigenvalue weighted by molar-refractivity contribution is -0.154. The summed E-state index contributed by atoms with van der Waals surface area (Å²) >= 11 is 6.04. The van der Waals surface area contributed by atoms with Crippen LogP contribution in [0.4, 0.5) is 30.8 Å². The summed E-state index contributed by atoms with van der Waals surface area (Å²) in [5, 5.41) is 11.6. The van der Waals surface area contributed by atoms with Crippen LogP contribution in [0.25, 0.3) is 0 Å². The molecule has 4 saturated carbocycles. The SMILES string of the molecule is C=C[C@@H]1C[C@]1(NC(=O)C1(CNC(=O)c2ccc(Nc3nc(NC4(c5ccc(Cl)cc5)CC4)nc(OCC(F)(F)F)n3)cc2)CC1)C(=O)NS(=O)(=O)C1CCC1. The van der Waals surface area contributed by atoms with Crippen molar-refractivity contribution >= 4 is 56.9 Å². The third-order valence-electron chi connectivity index (χ3n) is 10.6. The van der Waals surface area contributed by atoms with Gasteiger partial charge < -0.3 is 26.0 Å². The van der Waals surface area contributed by atoms with E-state index in [9.17, 15) is 36.0 Å². The maximum absolute atomic E-state index is 13.5. The van der Waals surface area contributed by atoms with E-state index in [0.29, 0.717) is 36.4 Å². The minimum Gasteiger partial charge on any atom is -0.454 e. The molecule has 2 atom stereocenters. The fourth-order valence-corrected chi connectivity index (χ4v) is 8.13. The van der Waals surface area contributed by atoms with E-state index in [-0.39, 0.29) is 30.4 Å². The molecule has 14 nitrogen and oxygen atoms in total. The zero-order valence-electron chi connectivity index (χ0n) is 29.3. The number of hydrogen-bond donors (Lipinski definition) is 5. The monoisotopic (exact) mass is 802 g/mol. The Labute approximate surface area is 319 Å². The van der Waals surface area contributed by atoms with Crippen molar-refractivity contribution < 1.29 is 40.7 Å². The van der Waals surface area contributed by atoms with Gasteiger partial charge in [0.15, 0.2) is 6.61 Å². The van der Waals surface area contributed by atoms with E-state index in [4.69, 9.17) is 16.3 Å². The van der Waals surface area contributed by atoms with Crippen LogP contribution in [-0.4, -0.2) is 71.2 Å². The Morgan fingerprint density at radius 3 is 2.18 bits per heavy atom. The highest BCUT2D eigenvalue weighted by atomic mass is 35.5. The number of benzene rings is 2. The Morgan fingerprint density at radius 1 is 0.945 bits per heavy atom. The number of halogens is 4. The Morgan fingerprint density at radius 2 is 1.62 bits per heavy atom. The Kier molecular flexibility index (Phi) is 9.94. The smallest absolute Gasteiger partial charge is 0.422 e. The van der Waals surface area contributed by atoms with Crippen LogP contribution in [0.3, 0.4) is 0 Å². The van der Waals surface area contributed by atoms with Gasteiger partial charge in [-0.1, -0.05) is 36.2 Å². The average molecular weight is 803 g/mol. The van der Waals surface area contributed by atoms with Crippen molar-refractivity contribution in [3.05, 3.63) is 77.3 Å². The molecule has 7 rings (SSSR count).